The van der Waals surface area contributed by atoms with Crippen molar-refractivity contribution < 1.29 is 9.90 Å². The Morgan fingerprint density at radius 3 is 2.56 bits per heavy atom. The van der Waals surface area contributed by atoms with Crippen LogP contribution in [-0.4, -0.2) is 40.6 Å². The molecule has 2 fully saturated rings. The van der Waals surface area contributed by atoms with Gasteiger partial charge in [0, 0.05) is 25.0 Å². The Bertz CT molecular complexity index is 330. The quantitative estimate of drug-likeness (QED) is 0.733. The smallest absolute Gasteiger partial charge is 0.226 e. The molecule has 0 aromatic heterocycles. The van der Waals surface area contributed by atoms with Gasteiger partial charge in [0.2, 0.25) is 5.91 Å². The highest BCUT2D eigenvalue weighted by Gasteiger charge is 2.41. The normalized spacial score (nSPS) is 45.3. The van der Waals surface area contributed by atoms with Crippen LogP contribution in [0.4, 0.5) is 0 Å². The average Bonchev–Trinajstić information content (AvgIpc) is 2.63. The Morgan fingerprint density at radius 1 is 1.33 bits per heavy atom. The number of nitrogens with two attached hydrogens (primary N) is 1. The van der Waals surface area contributed by atoms with Crippen molar-refractivity contribution in [2.45, 2.75) is 51.7 Å². The molecule has 2 aliphatic rings. The van der Waals surface area contributed by atoms with Crippen molar-refractivity contribution in [1.82, 2.24) is 4.90 Å². The lowest BCUT2D eigenvalue weighted by Gasteiger charge is -2.38. The third-order valence-electron chi connectivity index (χ3n) is 4.77. The Hall–Kier alpha value is -0.610. The first-order valence-electron chi connectivity index (χ1n) is 7.07. The van der Waals surface area contributed by atoms with Gasteiger partial charge in [0.1, 0.15) is 0 Å². The van der Waals surface area contributed by atoms with Gasteiger partial charge >= 0.3 is 0 Å². The van der Waals surface area contributed by atoms with Gasteiger partial charge in [0.05, 0.1) is 5.60 Å². The van der Waals surface area contributed by atoms with E-state index in [1.54, 1.807) is 6.92 Å². The number of amides is 1. The van der Waals surface area contributed by atoms with Gasteiger partial charge < -0.3 is 15.7 Å². The third-order valence-corrected chi connectivity index (χ3v) is 4.77. The monoisotopic (exact) mass is 254 g/mol. The second-order valence-electron chi connectivity index (χ2n) is 6.70. The molecule has 0 aromatic carbocycles. The van der Waals surface area contributed by atoms with Crippen molar-refractivity contribution in [3.05, 3.63) is 0 Å². The second kappa shape index (κ2) is 4.82. The van der Waals surface area contributed by atoms with Crippen LogP contribution in [-0.2, 0) is 4.79 Å². The van der Waals surface area contributed by atoms with E-state index in [-0.39, 0.29) is 17.9 Å². The maximum absolute atomic E-state index is 12.5. The van der Waals surface area contributed by atoms with E-state index in [1.807, 2.05) is 4.90 Å². The van der Waals surface area contributed by atoms with Gasteiger partial charge in [-0.05, 0) is 38.0 Å². The summed E-state index contributed by atoms with van der Waals surface area (Å²) in [6.45, 7) is 7.28. The molecule has 1 saturated heterocycles. The number of likely N-dealkylation sites (tertiary alicyclic amines) is 1. The zero-order chi connectivity index (χ0) is 13.5. The summed E-state index contributed by atoms with van der Waals surface area (Å²) in [4.78, 5) is 14.3. The molecule has 4 nitrogen and oxygen atoms in total. The summed E-state index contributed by atoms with van der Waals surface area (Å²) in [5, 5.41) is 9.95. The number of β-amino-alcohol motifs (C(OH)–C–C–N with tert-alkyl or cyclic N) is 1. The van der Waals surface area contributed by atoms with Crippen LogP contribution in [0, 0.1) is 17.8 Å². The minimum atomic E-state index is -0.705. The minimum absolute atomic E-state index is 0.0464. The topological polar surface area (TPSA) is 66.6 Å². The number of rotatable bonds is 1. The van der Waals surface area contributed by atoms with Gasteiger partial charge in [-0.3, -0.25) is 4.79 Å². The number of carbonyl (C=O) groups is 1. The Morgan fingerprint density at radius 2 is 2.00 bits per heavy atom. The predicted octanol–water partition coefficient (Wildman–Crippen LogP) is 0.979. The van der Waals surface area contributed by atoms with E-state index in [9.17, 15) is 9.90 Å². The van der Waals surface area contributed by atoms with E-state index in [0.717, 1.165) is 12.8 Å². The van der Waals surface area contributed by atoms with E-state index in [2.05, 4.69) is 13.8 Å². The lowest BCUT2D eigenvalue weighted by Crippen LogP contribution is -2.46. The van der Waals surface area contributed by atoms with Crippen LogP contribution in [0.3, 0.4) is 0 Å². The molecule has 0 bridgehead atoms. The highest BCUT2D eigenvalue weighted by molar-refractivity contribution is 5.79. The van der Waals surface area contributed by atoms with Crippen molar-refractivity contribution >= 4 is 5.91 Å². The van der Waals surface area contributed by atoms with Gasteiger partial charge in [-0.1, -0.05) is 13.8 Å². The molecule has 1 heterocycles. The van der Waals surface area contributed by atoms with E-state index in [0.29, 0.717) is 31.3 Å². The lowest BCUT2D eigenvalue weighted by molar-refractivity contribution is -0.138. The molecule has 1 aliphatic carbocycles. The zero-order valence-corrected chi connectivity index (χ0v) is 11.7. The van der Waals surface area contributed by atoms with E-state index in [1.165, 1.54) is 0 Å². The van der Waals surface area contributed by atoms with Gasteiger partial charge in [0.25, 0.3) is 0 Å². The van der Waals surface area contributed by atoms with Gasteiger partial charge in [-0.2, -0.15) is 0 Å². The maximum Gasteiger partial charge on any atom is 0.226 e. The third kappa shape index (κ3) is 2.69. The molecule has 1 amide bonds. The number of carbonyl (C=O) groups excluding carboxylic acids is 1. The standard InChI is InChI=1S/C14H26N2O2/c1-9-6-10(2)12(15)7-11(9)13(17)16-5-4-14(3,18)8-16/h9-12,18H,4-8,15H2,1-3H3. The predicted molar refractivity (Wildman–Crippen MR) is 70.8 cm³/mol. The Kier molecular flexibility index (Phi) is 3.70. The second-order valence-corrected chi connectivity index (χ2v) is 6.70. The molecule has 104 valence electrons. The van der Waals surface area contributed by atoms with Crippen molar-refractivity contribution in [1.29, 1.82) is 0 Å². The number of hydrogen-bond acceptors (Lipinski definition) is 3. The summed E-state index contributed by atoms with van der Waals surface area (Å²) in [5.74, 6) is 1.15. The van der Waals surface area contributed by atoms with Gasteiger partial charge in [-0.15, -0.1) is 0 Å². The number of hydrogen-bond donors (Lipinski definition) is 2. The van der Waals surface area contributed by atoms with Crippen molar-refractivity contribution in [3.63, 3.8) is 0 Å². The Labute approximate surface area is 110 Å². The molecule has 2 rings (SSSR count). The molecule has 18 heavy (non-hydrogen) atoms. The molecular weight excluding hydrogens is 228 g/mol. The van der Waals surface area contributed by atoms with Crippen molar-refractivity contribution in [2.75, 3.05) is 13.1 Å². The van der Waals surface area contributed by atoms with E-state index >= 15 is 0 Å². The molecule has 0 radical (unpaired) electrons. The minimum Gasteiger partial charge on any atom is -0.388 e. The molecule has 1 saturated carbocycles. The fourth-order valence-corrected chi connectivity index (χ4v) is 3.40. The molecule has 4 heteroatoms. The molecule has 5 atom stereocenters. The van der Waals surface area contributed by atoms with Crippen LogP contribution < -0.4 is 5.73 Å². The summed E-state index contributed by atoms with van der Waals surface area (Å²) in [6.07, 6.45) is 2.50. The Balaban J connectivity index is 2.01. The molecule has 5 unspecified atom stereocenters. The first-order valence-corrected chi connectivity index (χ1v) is 7.07. The summed E-state index contributed by atoms with van der Waals surface area (Å²) in [5.41, 5.74) is 5.40. The average molecular weight is 254 g/mol. The number of nitrogens with zero attached hydrogens (tertiary/aromatic N) is 1. The highest BCUT2D eigenvalue weighted by Crippen LogP contribution is 2.35. The molecule has 0 aromatic rings. The van der Waals surface area contributed by atoms with Crippen LogP contribution in [0.1, 0.15) is 40.0 Å². The summed E-state index contributed by atoms with van der Waals surface area (Å²) >= 11 is 0. The summed E-state index contributed by atoms with van der Waals surface area (Å²) < 4.78 is 0. The summed E-state index contributed by atoms with van der Waals surface area (Å²) in [7, 11) is 0. The first-order chi connectivity index (χ1) is 8.30. The van der Waals surface area contributed by atoms with Crippen molar-refractivity contribution in [3.8, 4) is 0 Å². The van der Waals surface area contributed by atoms with E-state index in [4.69, 9.17) is 5.73 Å². The van der Waals surface area contributed by atoms with Crippen LogP contribution in [0.5, 0.6) is 0 Å². The van der Waals surface area contributed by atoms with Crippen molar-refractivity contribution in [2.24, 2.45) is 23.5 Å². The molecule has 1 aliphatic heterocycles. The van der Waals surface area contributed by atoms with E-state index < -0.39 is 5.60 Å². The SMILES string of the molecule is CC1CC(C)C(C(=O)N2CCC(C)(O)C2)CC1N. The largest absolute Gasteiger partial charge is 0.388 e. The molecule has 3 N–H and O–H groups in total. The zero-order valence-electron chi connectivity index (χ0n) is 11.7. The van der Waals surface area contributed by atoms with Gasteiger partial charge in [0.15, 0.2) is 0 Å². The van der Waals surface area contributed by atoms with Crippen LogP contribution >= 0.6 is 0 Å². The van der Waals surface area contributed by atoms with Crippen LogP contribution in [0.15, 0.2) is 0 Å². The molecular formula is C14H26N2O2. The fourth-order valence-electron chi connectivity index (χ4n) is 3.40. The van der Waals surface area contributed by atoms with Crippen LogP contribution in [0.25, 0.3) is 0 Å². The van der Waals surface area contributed by atoms with Crippen LogP contribution in [0.2, 0.25) is 0 Å². The molecule has 0 spiro atoms. The lowest BCUT2D eigenvalue weighted by atomic mass is 9.72. The first kappa shape index (κ1) is 13.8. The summed E-state index contributed by atoms with van der Waals surface area (Å²) in [6, 6.07) is 0.137. The van der Waals surface area contributed by atoms with Gasteiger partial charge in [-0.25, -0.2) is 0 Å². The fraction of sp³-hybridized carbons (Fsp3) is 0.929. The highest BCUT2D eigenvalue weighted by atomic mass is 16.3. The maximum atomic E-state index is 12.5. The number of aliphatic hydroxyl groups is 1.